The number of halogens is 2. The van der Waals surface area contributed by atoms with Crippen LogP contribution >= 0.6 is 0 Å². The topological polar surface area (TPSA) is 20.3 Å². The number of Topliss-reactive ketones (excluding diaryl/α,β-unsaturated/α-hetero) is 1. The molecule has 0 aromatic heterocycles. The van der Waals surface area contributed by atoms with Gasteiger partial charge in [-0.3, -0.25) is 4.79 Å². The molecule has 2 aromatic carbocycles. The standard InChI is InChI=1S/C15H13F2NO/c1-11(19)10-18(14-6-2-12(16)3-7-14)15-8-4-13(17)5-9-15/h2-9H,10H2,1H3. The summed E-state index contributed by atoms with van der Waals surface area (Å²) in [5.74, 6) is -0.718. The Kier molecular flexibility index (Phi) is 3.90. The molecule has 0 bridgehead atoms. The summed E-state index contributed by atoms with van der Waals surface area (Å²) < 4.78 is 25.9. The van der Waals surface area contributed by atoms with Gasteiger partial charge >= 0.3 is 0 Å². The van der Waals surface area contributed by atoms with Crippen LogP contribution in [0.25, 0.3) is 0 Å². The van der Waals surface area contributed by atoms with Crippen molar-refractivity contribution >= 4 is 17.2 Å². The van der Waals surface area contributed by atoms with Crippen molar-refractivity contribution in [3.8, 4) is 0 Å². The highest BCUT2D eigenvalue weighted by molar-refractivity contribution is 5.84. The van der Waals surface area contributed by atoms with Gasteiger partial charge in [-0.1, -0.05) is 0 Å². The molecule has 0 unspecified atom stereocenters. The van der Waals surface area contributed by atoms with Gasteiger partial charge in [-0.15, -0.1) is 0 Å². The van der Waals surface area contributed by atoms with Gasteiger partial charge in [-0.25, -0.2) is 8.78 Å². The Balaban J connectivity index is 2.37. The molecular formula is C15H13F2NO. The van der Waals surface area contributed by atoms with Gasteiger partial charge in [0.15, 0.2) is 0 Å². The summed E-state index contributed by atoms with van der Waals surface area (Å²) in [6.07, 6.45) is 0. The van der Waals surface area contributed by atoms with E-state index in [9.17, 15) is 13.6 Å². The summed E-state index contributed by atoms with van der Waals surface area (Å²) >= 11 is 0. The molecule has 0 spiro atoms. The van der Waals surface area contributed by atoms with E-state index in [1.807, 2.05) is 0 Å². The van der Waals surface area contributed by atoms with Gasteiger partial charge in [0.25, 0.3) is 0 Å². The van der Waals surface area contributed by atoms with Crippen LogP contribution in [-0.4, -0.2) is 12.3 Å². The maximum atomic E-state index is 12.9. The lowest BCUT2D eigenvalue weighted by molar-refractivity contribution is -0.115. The first kappa shape index (κ1) is 13.2. The van der Waals surface area contributed by atoms with Crippen LogP contribution in [0.15, 0.2) is 48.5 Å². The number of ketones is 1. The van der Waals surface area contributed by atoms with Crippen molar-refractivity contribution < 1.29 is 13.6 Å². The summed E-state index contributed by atoms with van der Waals surface area (Å²) in [6.45, 7) is 1.62. The van der Waals surface area contributed by atoms with Crippen LogP contribution in [0.4, 0.5) is 20.2 Å². The van der Waals surface area contributed by atoms with Crippen molar-refractivity contribution in [1.82, 2.24) is 0 Å². The highest BCUT2D eigenvalue weighted by Crippen LogP contribution is 2.25. The minimum atomic E-state index is -0.342. The van der Waals surface area contributed by atoms with E-state index in [4.69, 9.17) is 0 Å². The van der Waals surface area contributed by atoms with E-state index in [0.717, 1.165) is 0 Å². The second-order valence-corrected chi connectivity index (χ2v) is 4.24. The molecule has 0 atom stereocenters. The van der Waals surface area contributed by atoms with Gasteiger partial charge in [0.1, 0.15) is 17.4 Å². The highest BCUT2D eigenvalue weighted by atomic mass is 19.1. The van der Waals surface area contributed by atoms with E-state index in [1.54, 1.807) is 29.2 Å². The lowest BCUT2D eigenvalue weighted by Crippen LogP contribution is -2.23. The zero-order valence-corrected chi connectivity index (χ0v) is 10.4. The molecule has 0 N–H and O–H groups in total. The minimum absolute atomic E-state index is 0.0337. The molecular weight excluding hydrogens is 248 g/mol. The summed E-state index contributed by atoms with van der Waals surface area (Å²) in [6, 6.07) is 11.6. The number of nitrogens with zero attached hydrogens (tertiary/aromatic N) is 1. The second-order valence-electron chi connectivity index (χ2n) is 4.24. The van der Waals surface area contributed by atoms with Crippen molar-refractivity contribution in [2.24, 2.45) is 0 Å². The average molecular weight is 261 g/mol. The maximum absolute atomic E-state index is 12.9. The Morgan fingerprint density at radius 2 is 1.26 bits per heavy atom. The summed E-state index contributed by atoms with van der Waals surface area (Å²) in [5, 5.41) is 0. The van der Waals surface area contributed by atoms with Gasteiger partial charge in [-0.05, 0) is 55.5 Å². The monoisotopic (exact) mass is 261 g/mol. The van der Waals surface area contributed by atoms with Crippen LogP contribution in [0.3, 0.4) is 0 Å². The third-order valence-corrected chi connectivity index (χ3v) is 2.66. The normalized spacial score (nSPS) is 10.3. The van der Waals surface area contributed by atoms with Crippen LogP contribution < -0.4 is 4.90 Å². The van der Waals surface area contributed by atoms with E-state index >= 15 is 0 Å². The first-order valence-corrected chi connectivity index (χ1v) is 5.84. The number of anilines is 2. The molecule has 0 saturated carbocycles. The predicted octanol–water partition coefficient (Wildman–Crippen LogP) is 3.69. The number of benzene rings is 2. The lowest BCUT2D eigenvalue weighted by atomic mass is 10.2. The highest BCUT2D eigenvalue weighted by Gasteiger charge is 2.11. The molecule has 0 amide bonds. The molecule has 0 aliphatic rings. The number of carbonyl (C=O) groups is 1. The number of rotatable bonds is 4. The Bertz CT molecular complexity index is 518. The molecule has 2 aromatic rings. The fraction of sp³-hybridized carbons (Fsp3) is 0.133. The zero-order chi connectivity index (χ0) is 13.8. The molecule has 2 rings (SSSR count). The van der Waals surface area contributed by atoms with Crippen molar-refractivity contribution in [3.05, 3.63) is 60.2 Å². The van der Waals surface area contributed by atoms with E-state index < -0.39 is 0 Å². The fourth-order valence-electron chi connectivity index (χ4n) is 1.80. The zero-order valence-electron chi connectivity index (χ0n) is 10.4. The van der Waals surface area contributed by atoms with Gasteiger partial charge in [0, 0.05) is 11.4 Å². The molecule has 98 valence electrons. The predicted molar refractivity (Wildman–Crippen MR) is 70.5 cm³/mol. The third-order valence-electron chi connectivity index (χ3n) is 2.66. The largest absolute Gasteiger partial charge is 0.334 e. The maximum Gasteiger partial charge on any atom is 0.149 e. The Hall–Kier alpha value is -2.23. The SMILES string of the molecule is CC(=O)CN(c1ccc(F)cc1)c1ccc(F)cc1. The Morgan fingerprint density at radius 1 is 0.895 bits per heavy atom. The summed E-state index contributed by atoms with van der Waals surface area (Å²) in [4.78, 5) is 13.1. The minimum Gasteiger partial charge on any atom is -0.334 e. The number of hydrogen-bond acceptors (Lipinski definition) is 2. The summed E-state index contributed by atoms with van der Waals surface area (Å²) in [5.41, 5.74) is 1.37. The van der Waals surface area contributed by atoms with Crippen LogP contribution in [-0.2, 0) is 4.79 Å². The number of carbonyl (C=O) groups excluding carboxylic acids is 1. The van der Waals surface area contributed by atoms with Crippen LogP contribution in [0.1, 0.15) is 6.92 Å². The summed E-state index contributed by atoms with van der Waals surface area (Å²) in [7, 11) is 0. The Labute approximate surface area is 110 Å². The van der Waals surface area contributed by atoms with Gasteiger partial charge in [0.2, 0.25) is 0 Å². The molecule has 2 nitrogen and oxygen atoms in total. The van der Waals surface area contributed by atoms with Crippen molar-refractivity contribution in [3.63, 3.8) is 0 Å². The molecule has 0 saturated heterocycles. The van der Waals surface area contributed by atoms with E-state index in [0.29, 0.717) is 11.4 Å². The van der Waals surface area contributed by atoms with Crippen LogP contribution in [0.2, 0.25) is 0 Å². The van der Waals surface area contributed by atoms with Gasteiger partial charge in [-0.2, -0.15) is 0 Å². The number of hydrogen-bond donors (Lipinski definition) is 0. The molecule has 0 radical (unpaired) electrons. The van der Waals surface area contributed by atoms with Crippen LogP contribution in [0, 0.1) is 11.6 Å². The first-order chi connectivity index (χ1) is 9.06. The molecule has 0 fully saturated rings. The first-order valence-electron chi connectivity index (χ1n) is 5.84. The Morgan fingerprint density at radius 3 is 1.58 bits per heavy atom. The fourth-order valence-corrected chi connectivity index (χ4v) is 1.80. The van der Waals surface area contributed by atoms with Crippen molar-refractivity contribution in [1.29, 1.82) is 0 Å². The van der Waals surface area contributed by atoms with E-state index in [-0.39, 0.29) is 24.0 Å². The lowest BCUT2D eigenvalue weighted by Gasteiger charge is -2.23. The molecule has 19 heavy (non-hydrogen) atoms. The molecule has 0 heterocycles. The molecule has 0 aliphatic carbocycles. The van der Waals surface area contributed by atoms with Gasteiger partial charge in [0.05, 0.1) is 6.54 Å². The molecule has 4 heteroatoms. The van der Waals surface area contributed by atoms with Crippen LogP contribution in [0.5, 0.6) is 0 Å². The quantitative estimate of drug-likeness (QED) is 0.836. The van der Waals surface area contributed by atoms with Crippen molar-refractivity contribution in [2.75, 3.05) is 11.4 Å². The molecule has 0 aliphatic heterocycles. The average Bonchev–Trinajstić information content (AvgIpc) is 2.38. The second kappa shape index (κ2) is 5.61. The van der Waals surface area contributed by atoms with E-state index in [1.165, 1.54) is 31.2 Å². The smallest absolute Gasteiger partial charge is 0.149 e. The third kappa shape index (κ3) is 3.37. The van der Waals surface area contributed by atoms with E-state index in [2.05, 4.69) is 0 Å². The van der Waals surface area contributed by atoms with Crippen molar-refractivity contribution in [2.45, 2.75) is 6.92 Å². The van der Waals surface area contributed by atoms with Gasteiger partial charge < -0.3 is 4.90 Å².